The van der Waals surface area contributed by atoms with Crippen molar-refractivity contribution in [3.8, 4) is 33.4 Å². The Morgan fingerprint density at radius 3 is 1.77 bits per heavy atom. The van der Waals surface area contributed by atoms with Crippen molar-refractivity contribution in [2.75, 3.05) is 0 Å². The first-order valence-electron chi connectivity index (χ1n) is 21.0. The summed E-state index contributed by atoms with van der Waals surface area (Å²) in [6, 6.07) is 10.3. The summed E-state index contributed by atoms with van der Waals surface area (Å²) in [6.45, 7) is 0. The van der Waals surface area contributed by atoms with E-state index < -0.39 is 107 Å². The van der Waals surface area contributed by atoms with Gasteiger partial charge in [-0.25, -0.2) is 0 Å². The second-order valence-electron chi connectivity index (χ2n) is 10.1. The van der Waals surface area contributed by atoms with Crippen molar-refractivity contribution < 1.29 is 25.0 Å². The molecular formula is C42H26O. The molecule has 0 atom stereocenters. The quantitative estimate of drug-likeness (QED) is 0.196. The van der Waals surface area contributed by atoms with Gasteiger partial charge in [0, 0.05) is 10.8 Å². The first-order valence-corrected chi connectivity index (χ1v) is 13.5. The van der Waals surface area contributed by atoms with E-state index in [1.807, 2.05) is 48.5 Å². The second kappa shape index (κ2) is 9.44. The molecule has 0 spiro atoms. The molecule has 0 aliphatic heterocycles. The van der Waals surface area contributed by atoms with Gasteiger partial charge in [-0.15, -0.1) is 0 Å². The van der Waals surface area contributed by atoms with Crippen LogP contribution in [0.15, 0.2) is 162 Å². The van der Waals surface area contributed by atoms with Crippen LogP contribution in [0.1, 0.15) is 20.6 Å². The van der Waals surface area contributed by atoms with E-state index in [1.165, 1.54) is 0 Å². The van der Waals surface area contributed by atoms with Crippen LogP contribution in [0.25, 0.3) is 87.6 Å². The van der Waals surface area contributed by atoms with Gasteiger partial charge in [0.1, 0.15) is 11.2 Å². The molecule has 43 heavy (non-hydrogen) atoms. The molecule has 0 unspecified atom stereocenters. The third kappa shape index (κ3) is 3.72. The summed E-state index contributed by atoms with van der Waals surface area (Å²) in [7, 11) is 0. The van der Waals surface area contributed by atoms with E-state index in [4.69, 9.17) is 18.1 Å². The van der Waals surface area contributed by atoms with E-state index in [-0.39, 0.29) is 38.2 Å². The molecule has 0 aliphatic carbocycles. The van der Waals surface area contributed by atoms with Gasteiger partial charge in [0.05, 0.1) is 20.6 Å². The van der Waals surface area contributed by atoms with Gasteiger partial charge in [0.15, 0.2) is 0 Å². The zero-order chi connectivity index (χ0) is 41.4. The average molecular weight is 562 g/mol. The summed E-state index contributed by atoms with van der Waals surface area (Å²) in [4.78, 5) is 0. The van der Waals surface area contributed by atoms with Gasteiger partial charge in [-0.2, -0.15) is 0 Å². The molecule has 1 nitrogen and oxygen atoms in total. The Labute approximate surface area is 270 Å². The Morgan fingerprint density at radius 2 is 1.02 bits per heavy atom. The number of fused-ring (bicyclic) bond motifs is 6. The van der Waals surface area contributed by atoms with Crippen LogP contribution in [0.5, 0.6) is 0 Å². The van der Waals surface area contributed by atoms with Crippen LogP contribution in [-0.4, -0.2) is 0 Å². The second-order valence-corrected chi connectivity index (χ2v) is 10.1. The van der Waals surface area contributed by atoms with Crippen molar-refractivity contribution in [2.45, 2.75) is 0 Å². The lowest BCUT2D eigenvalue weighted by atomic mass is 9.84. The maximum Gasteiger partial charge on any atom is 0.136 e. The Morgan fingerprint density at radius 1 is 0.395 bits per heavy atom. The van der Waals surface area contributed by atoms with Gasteiger partial charge in [-0.1, -0.05) is 133 Å². The monoisotopic (exact) mass is 561 g/mol. The van der Waals surface area contributed by atoms with Crippen LogP contribution in [0.3, 0.4) is 0 Å². The van der Waals surface area contributed by atoms with Gasteiger partial charge < -0.3 is 4.42 Å². The molecule has 0 amide bonds. The number of furan rings is 1. The molecule has 9 aromatic rings. The highest BCUT2D eigenvalue weighted by Gasteiger charge is 2.19. The lowest BCUT2D eigenvalue weighted by molar-refractivity contribution is 0.669. The van der Waals surface area contributed by atoms with E-state index >= 15 is 0 Å². The highest BCUT2D eigenvalue weighted by atomic mass is 16.3. The number of benzene rings is 8. The van der Waals surface area contributed by atoms with Gasteiger partial charge in [-0.3, -0.25) is 0 Å². The molecule has 1 heteroatoms. The molecule has 200 valence electrons. The molecule has 8 aromatic carbocycles. The fraction of sp³-hybridized carbons (Fsp3) is 0. The molecule has 0 saturated carbocycles. The summed E-state index contributed by atoms with van der Waals surface area (Å²) < 4.78 is 140. The molecule has 0 radical (unpaired) electrons. The van der Waals surface area contributed by atoms with Gasteiger partial charge >= 0.3 is 0 Å². The molecule has 1 heterocycles. The highest BCUT2D eigenvalue weighted by molar-refractivity contribution is 6.24. The lowest BCUT2D eigenvalue weighted by Gasteiger charge is -2.18. The maximum absolute atomic E-state index is 9.32. The van der Waals surface area contributed by atoms with Crippen molar-refractivity contribution in [3.05, 3.63) is 157 Å². The first-order chi connectivity index (χ1) is 27.6. The van der Waals surface area contributed by atoms with Crippen molar-refractivity contribution >= 4 is 54.3 Å². The molecule has 0 saturated heterocycles. The van der Waals surface area contributed by atoms with E-state index in [0.29, 0.717) is 16.6 Å². The Bertz CT molecular complexity index is 3250. The molecule has 0 fully saturated rings. The molecular weight excluding hydrogens is 520 g/mol. The zero-order valence-corrected chi connectivity index (χ0v) is 22.3. The van der Waals surface area contributed by atoms with Crippen LogP contribution >= 0.6 is 0 Å². The predicted octanol–water partition coefficient (Wildman–Crippen LogP) is 12.0. The van der Waals surface area contributed by atoms with E-state index in [0.717, 1.165) is 16.5 Å². The van der Waals surface area contributed by atoms with Crippen LogP contribution in [0, 0.1) is 0 Å². The summed E-state index contributed by atoms with van der Waals surface area (Å²) in [5.41, 5.74) is 2.34. The minimum atomic E-state index is -0.759. The lowest BCUT2D eigenvalue weighted by Crippen LogP contribution is -1.91. The standard InChI is InChI=1S/C42H26O/c1-2-11-27(12-3-1)29-22-24-39-38(25-29)32-23-21-30(26-40(32)43-39)41-34-16-6-8-18-36(34)42(37-19-9-7-17-35(37)41)33-20-10-14-28-13-4-5-15-31(28)33/h1-26H/i4D,5D,6D,7D,8D,9D,10D,13D,14D,15D,16D,17D,18D,19D,20D. The molecule has 0 bridgehead atoms. The number of rotatable bonds is 3. The van der Waals surface area contributed by atoms with Gasteiger partial charge in [0.2, 0.25) is 0 Å². The smallest absolute Gasteiger partial charge is 0.136 e. The average Bonchev–Trinajstić information content (AvgIpc) is 3.60. The Balaban J connectivity index is 1.52. The van der Waals surface area contributed by atoms with Crippen molar-refractivity contribution in [1.82, 2.24) is 0 Å². The maximum atomic E-state index is 9.32. The van der Waals surface area contributed by atoms with Crippen molar-refractivity contribution in [2.24, 2.45) is 0 Å². The normalized spacial score (nSPS) is 16.6. The topological polar surface area (TPSA) is 13.1 Å². The highest BCUT2D eigenvalue weighted by Crippen LogP contribution is 2.46. The molecule has 0 aliphatic rings. The number of hydrogen-bond acceptors (Lipinski definition) is 1. The van der Waals surface area contributed by atoms with Gasteiger partial charge in [-0.05, 0) is 90.0 Å². The zero-order valence-electron chi connectivity index (χ0n) is 37.3. The van der Waals surface area contributed by atoms with Crippen LogP contribution in [0.4, 0.5) is 0 Å². The minimum Gasteiger partial charge on any atom is -0.456 e. The minimum absolute atomic E-state index is 0.000952. The summed E-state index contributed by atoms with van der Waals surface area (Å²) in [5, 5.41) is -0.357. The van der Waals surface area contributed by atoms with Gasteiger partial charge in [0.25, 0.3) is 0 Å². The molecule has 0 N–H and O–H groups in total. The van der Waals surface area contributed by atoms with E-state index in [2.05, 4.69) is 0 Å². The van der Waals surface area contributed by atoms with Crippen molar-refractivity contribution in [3.63, 3.8) is 0 Å². The fourth-order valence-corrected chi connectivity index (χ4v) is 5.91. The first kappa shape index (κ1) is 13.5. The predicted molar refractivity (Wildman–Crippen MR) is 183 cm³/mol. The molecule has 9 rings (SSSR count). The summed E-state index contributed by atoms with van der Waals surface area (Å²) in [6.07, 6.45) is 0. The van der Waals surface area contributed by atoms with E-state index in [1.54, 1.807) is 18.2 Å². The summed E-state index contributed by atoms with van der Waals surface area (Å²) in [5.74, 6) is 0. The molecule has 1 aromatic heterocycles. The van der Waals surface area contributed by atoms with Crippen LogP contribution < -0.4 is 0 Å². The fourth-order valence-electron chi connectivity index (χ4n) is 5.91. The number of hydrogen-bond donors (Lipinski definition) is 0. The largest absolute Gasteiger partial charge is 0.456 e. The SMILES string of the molecule is [2H]c1c([2H])c([2H])c2c(-c3c4c([2H])c([2H])c([2H])c([2H])c4c(-c4ccc5c(c4)oc4ccc(-c6ccccc6)cc45)c4c([2H])c([2H])c([2H])c([2H])c34)c([2H])c([2H])c([2H])c2c1[2H]. The Hall–Kier alpha value is -5.66. The third-order valence-corrected chi connectivity index (χ3v) is 7.80. The van der Waals surface area contributed by atoms with Crippen LogP contribution in [-0.2, 0) is 0 Å². The summed E-state index contributed by atoms with van der Waals surface area (Å²) >= 11 is 0. The van der Waals surface area contributed by atoms with E-state index in [9.17, 15) is 6.85 Å². The van der Waals surface area contributed by atoms with Crippen molar-refractivity contribution in [1.29, 1.82) is 0 Å². The van der Waals surface area contributed by atoms with Crippen LogP contribution in [0.2, 0.25) is 0 Å². The Kier molecular flexibility index (Phi) is 2.97. The third-order valence-electron chi connectivity index (χ3n) is 7.80.